The van der Waals surface area contributed by atoms with E-state index in [-0.39, 0.29) is 0 Å². The molecule has 3 nitrogen and oxygen atoms in total. The molecule has 4 heteroatoms. The average molecular weight is 298 g/mol. The van der Waals surface area contributed by atoms with Crippen LogP contribution in [0.25, 0.3) is 10.9 Å². The molecule has 1 aromatic heterocycles. The smallest absolute Gasteiger partial charge is 0.0670 e. The van der Waals surface area contributed by atoms with Crippen molar-refractivity contribution in [3.63, 3.8) is 0 Å². The van der Waals surface area contributed by atoms with Crippen LogP contribution in [0.1, 0.15) is 24.3 Å². The van der Waals surface area contributed by atoms with Gasteiger partial charge in [-0.25, -0.2) is 0 Å². The van der Waals surface area contributed by atoms with Gasteiger partial charge in [0.05, 0.1) is 11.7 Å². The van der Waals surface area contributed by atoms with Gasteiger partial charge in [0, 0.05) is 22.1 Å². The Morgan fingerprint density at radius 1 is 1.14 bits per heavy atom. The monoisotopic (exact) mass is 297 g/mol. The fraction of sp³-hybridized carbons (Fsp3) is 0.235. The number of rotatable bonds is 3. The molecule has 106 valence electrons. The van der Waals surface area contributed by atoms with Crippen LogP contribution in [-0.4, -0.2) is 16.2 Å². The van der Waals surface area contributed by atoms with Gasteiger partial charge in [-0.05, 0) is 54.7 Å². The Labute approximate surface area is 128 Å². The van der Waals surface area contributed by atoms with Gasteiger partial charge in [-0.3, -0.25) is 5.10 Å². The molecule has 3 aromatic rings. The minimum atomic E-state index is 0.536. The van der Waals surface area contributed by atoms with Crippen LogP contribution in [0.4, 0.5) is 5.69 Å². The Kier molecular flexibility index (Phi) is 3.08. The molecule has 2 aromatic carbocycles. The van der Waals surface area contributed by atoms with Gasteiger partial charge in [0.2, 0.25) is 0 Å². The van der Waals surface area contributed by atoms with E-state index in [0.29, 0.717) is 12.0 Å². The summed E-state index contributed by atoms with van der Waals surface area (Å²) in [7, 11) is 0. The lowest BCUT2D eigenvalue weighted by Crippen LogP contribution is -2.33. The van der Waals surface area contributed by atoms with Crippen LogP contribution in [-0.2, 0) is 0 Å². The molecule has 0 amide bonds. The minimum absolute atomic E-state index is 0.536. The summed E-state index contributed by atoms with van der Waals surface area (Å²) in [5.74, 6) is 0.622. The van der Waals surface area contributed by atoms with E-state index >= 15 is 0 Å². The molecule has 4 rings (SSSR count). The highest BCUT2D eigenvalue weighted by atomic mass is 35.5. The summed E-state index contributed by atoms with van der Waals surface area (Å²) in [6.07, 6.45) is 4.15. The number of halogens is 1. The topological polar surface area (TPSA) is 40.7 Å². The van der Waals surface area contributed by atoms with Gasteiger partial charge in [-0.2, -0.15) is 5.10 Å². The zero-order valence-electron chi connectivity index (χ0n) is 11.5. The van der Waals surface area contributed by atoms with E-state index < -0.39 is 0 Å². The van der Waals surface area contributed by atoms with Crippen LogP contribution < -0.4 is 5.32 Å². The summed E-state index contributed by atoms with van der Waals surface area (Å²) >= 11 is 6.06. The molecule has 1 fully saturated rings. The number of fused-ring (bicyclic) bond motifs is 1. The predicted octanol–water partition coefficient (Wildman–Crippen LogP) is 4.57. The van der Waals surface area contributed by atoms with Crippen molar-refractivity contribution in [2.75, 3.05) is 5.32 Å². The highest BCUT2D eigenvalue weighted by Crippen LogP contribution is 2.39. The molecule has 0 radical (unpaired) electrons. The van der Waals surface area contributed by atoms with Gasteiger partial charge in [-0.15, -0.1) is 0 Å². The lowest BCUT2D eigenvalue weighted by atomic mass is 9.76. The standard InChI is InChI=1S/C17H16ClN3/c18-14-3-1-2-11(6-14)13-7-16(8-13)20-15-5-4-12-10-19-21-17(12)9-15/h1-6,9-10,13,16,20H,7-8H2,(H,19,21). The van der Waals surface area contributed by atoms with E-state index in [1.807, 2.05) is 18.3 Å². The largest absolute Gasteiger partial charge is 0.382 e. The van der Waals surface area contributed by atoms with E-state index in [1.54, 1.807) is 0 Å². The summed E-state index contributed by atoms with van der Waals surface area (Å²) in [6, 6.07) is 15.1. The lowest BCUT2D eigenvalue weighted by Gasteiger charge is -2.37. The highest BCUT2D eigenvalue weighted by molar-refractivity contribution is 6.30. The first-order valence-corrected chi connectivity index (χ1v) is 7.61. The Bertz CT molecular complexity index is 774. The summed E-state index contributed by atoms with van der Waals surface area (Å²) in [4.78, 5) is 0. The maximum Gasteiger partial charge on any atom is 0.0670 e. The van der Waals surface area contributed by atoms with Crippen molar-refractivity contribution in [3.8, 4) is 0 Å². The van der Waals surface area contributed by atoms with Crippen molar-refractivity contribution in [1.82, 2.24) is 10.2 Å². The molecule has 1 saturated carbocycles. The molecule has 21 heavy (non-hydrogen) atoms. The van der Waals surface area contributed by atoms with Gasteiger partial charge < -0.3 is 5.32 Å². The van der Waals surface area contributed by atoms with Gasteiger partial charge in [0.15, 0.2) is 0 Å². The molecule has 0 atom stereocenters. The number of nitrogens with zero attached hydrogens (tertiary/aromatic N) is 1. The number of anilines is 1. The lowest BCUT2D eigenvalue weighted by molar-refractivity contribution is 0.374. The molecule has 0 unspecified atom stereocenters. The van der Waals surface area contributed by atoms with Crippen molar-refractivity contribution < 1.29 is 0 Å². The summed E-state index contributed by atoms with van der Waals surface area (Å²) in [5.41, 5.74) is 3.58. The van der Waals surface area contributed by atoms with Crippen molar-refractivity contribution in [2.45, 2.75) is 24.8 Å². The number of hydrogen-bond acceptors (Lipinski definition) is 2. The summed E-state index contributed by atoms with van der Waals surface area (Å²) < 4.78 is 0. The SMILES string of the molecule is Clc1cccc(C2CC(Nc3ccc4cn[nH]c4c3)C2)c1. The van der Waals surface area contributed by atoms with E-state index in [1.165, 1.54) is 5.56 Å². The fourth-order valence-electron chi connectivity index (χ4n) is 3.03. The number of H-pyrrole nitrogens is 1. The molecule has 1 aliphatic rings. The quantitative estimate of drug-likeness (QED) is 0.743. The Balaban J connectivity index is 1.41. The van der Waals surface area contributed by atoms with Gasteiger partial charge in [0.25, 0.3) is 0 Å². The van der Waals surface area contributed by atoms with Crippen LogP contribution >= 0.6 is 11.6 Å². The molecular weight excluding hydrogens is 282 g/mol. The van der Waals surface area contributed by atoms with Crippen LogP contribution in [0, 0.1) is 0 Å². The minimum Gasteiger partial charge on any atom is -0.382 e. The first kappa shape index (κ1) is 12.7. The summed E-state index contributed by atoms with van der Waals surface area (Å²) in [6.45, 7) is 0. The number of benzene rings is 2. The molecular formula is C17H16ClN3. The van der Waals surface area contributed by atoms with E-state index in [2.05, 4.69) is 45.8 Å². The van der Waals surface area contributed by atoms with Gasteiger partial charge in [0.1, 0.15) is 0 Å². The van der Waals surface area contributed by atoms with Crippen LogP contribution in [0.3, 0.4) is 0 Å². The normalized spacial score (nSPS) is 21.2. The zero-order chi connectivity index (χ0) is 14.2. The zero-order valence-corrected chi connectivity index (χ0v) is 12.3. The molecule has 1 aliphatic carbocycles. The molecule has 0 spiro atoms. The van der Waals surface area contributed by atoms with Crippen LogP contribution in [0.5, 0.6) is 0 Å². The first-order chi connectivity index (χ1) is 10.3. The predicted molar refractivity (Wildman–Crippen MR) is 86.9 cm³/mol. The van der Waals surface area contributed by atoms with Gasteiger partial charge >= 0.3 is 0 Å². The number of aromatic nitrogens is 2. The second-order valence-corrected chi connectivity index (χ2v) is 6.17. The fourth-order valence-corrected chi connectivity index (χ4v) is 3.23. The third-order valence-corrected chi connectivity index (χ3v) is 4.51. The van der Waals surface area contributed by atoms with E-state index in [0.717, 1.165) is 34.5 Å². The first-order valence-electron chi connectivity index (χ1n) is 7.23. The van der Waals surface area contributed by atoms with Crippen molar-refractivity contribution >= 4 is 28.2 Å². The number of hydrogen-bond donors (Lipinski definition) is 2. The molecule has 0 saturated heterocycles. The van der Waals surface area contributed by atoms with Crippen LogP contribution in [0.2, 0.25) is 5.02 Å². The van der Waals surface area contributed by atoms with Gasteiger partial charge in [-0.1, -0.05) is 23.7 Å². The molecule has 1 heterocycles. The second-order valence-electron chi connectivity index (χ2n) is 5.74. The Morgan fingerprint density at radius 2 is 2.05 bits per heavy atom. The average Bonchev–Trinajstić information content (AvgIpc) is 2.89. The number of aromatic amines is 1. The third kappa shape index (κ3) is 2.49. The van der Waals surface area contributed by atoms with Crippen molar-refractivity contribution in [3.05, 3.63) is 59.2 Å². The number of nitrogens with one attached hydrogen (secondary N) is 2. The second kappa shape index (κ2) is 5.08. The maximum atomic E-state index is 6.06. The van der Waals surface area contributed by atoms with E-state index in [4.69, 9.17) is 11.6 Å². The summed E-state index contributed by atoms with van der Waals surface area (Å²) in [5, 5.41) is 12.6. The highest BCUT2D eigenvalue weighted by Gasteiger charge is 2.30. The molecule has 0 aliphatic heterocycles. The third-order valence-electron chi connectivity index (χ3n) is 4.27. The van der Waals surface area contributed by atoms with Crippen molar-refractivity contribution in [2.24, 2.45) is 0 Å². The van der Waals surface area contributed by atoms with Crippen molar-refractivity contribution in [1.29, 1.82) is 0 Å². The molecule has 0 bridgehead atoms. The Hall–Kier alpha value is -2.00. The maximum absolute atomic E-state index is 6.06. The Morgan fingerprint density at radius 3 is 2.90 bits per heavy atom. The molecule has 2 N–H and O–H groups in total. The van der Waals surface area contributed by atoms with Crippen LogP contribution in [0.15, 0.2) is 48.7 Å². The van der Waals surface area contributed by atoms with E-state index in [9.17, 15) is 0 Å².